The van der Waals surface area contributed by atoms with Crippen LogP contribution < -0.4 is 11.1 Å². The SMILES string of the molecule is Cl.Cl.Nc1ncccc1[C@@H](C1CCCC1)N1CCNCC1. The maximum atomic E-state index is 6.14. The van der Waals surface area contributed by atoms with Crippen LogP contribution in [0.15, 0.2) is 18.3 Å². The minimum absolute atomic E-state index is 0. The van der Waals surface area contributed by atoms with Crippen molar-refractivity contribution >= 4 is 30.6 Å². The van der Waals surface area contributed by atoms with Gasteiger partial charge in [-0.3, -0.25) is 4.90 Å². The minimum atomic E-state index is 0. The Morgan fingerprint density at radius 1 is 1.19 bits per heavy atom. The van der Waals surface area contributed by atoms with E-state index in [2.05, 4.69) is 21.3 Å². The molecule has 4 nitrogen and oxygen atoms in total. The predicted octanol–water partition coefficient (Wildman–Crippen LogP) is 2.64. The van der Waals surface area contributed by atoms with Crippen LogP contribution in [0.1, 0.15) is 37.3 Å². The Bertz CT molecular complexity index is 418. The number of aromatic nitrogens is 1. The van der Waals surface area contributed by atoms with Gasteiger partial charge in [-0.05, 0) is 24.8 Å². The number of hydrogen-bond acceptors (Lipinski definition) is 4. The molecule has 1 saturated heterocycles. The van der Waals surface area contributed by atoms with Gasteiger partial charge in [-0.2, -0.15) is 0 Å². The summed E-state index contributed by atoms with van der Waals surface area (Å²) in [7, 11) is 0. The molecule has 1 saturated carbocycles. The molecule has 1 aliphatic heterocycles. The number of nitrogens with zero attached hydrogens (tertiary/aromatic N) is 2. The van der Waals surface area contributed by atoms with Gasteiger partial charge in [0.15, 0.2) is 0 Å². The molecular weight excluding hydrogens is 307 g/mol. The molecule has 0 unspecified atom stereocenters. The third-order valence-corrected chi connectivity index (χ3v) is 4.58. The second kappa shape index (κ2) is 8.79. The van der Waals surface area contributed by atoms with E-state index >= 15 is 0 Å². The van der Waals surface area contributed by atoms with Gasteiger partial charge in [-0.1, -0.05) is 18.9 Å². The molecule has 120 valence electrons. The fraction of sp³-hybridized carbons (Fsp3) is 0.667. The average Bonchev–Trinajstić information content (AvgIpc) is 2.96. The third kappa shape index (κ3) is 4.22. The molecule has 0 amide bonds. The Labute approximate surface area is 139 Å². The fourth-order valence-electron chi connectivity index (χ4n) is 3.66. The van der Waals surface area contributed by atoms with Crippen LogP contribution in [0.5, 0.6) is 0 Å². The van der Waals surface area contributed by atoms with E-state index in [-0.39, 0.29) is 24.8 Å². The lowest BCUT2D eigenvalue weighted by atomic mass is 9.90. The molecule has 0 aromatic carbocycles. The first-order valence-corrected chi connectivity index (χ1v) is 7.51. The zero-order chi connectivity index (χ0) is 13.1. The van der Waals surface area contributed by atoms with Gasteiger partial charge in [0, 0.05) is 44.0 Å². The molecule has 1 aromatic rings. The predicted molar refractivity (Wildman–Crippen MR) is 92.3 cm³/mol. The Hall–Kier alpha value is -0.550. The van der Waals surface area contributed by atoms with E-state index < -0.39 is 0 Å². The number of rotatable bonds is 3. The molecule has 2 heterocycles. The molecular formula is C15H26Cl2N4. The molecule has 6 heteroatoms. The number of nitrogen functional groups attached to an aromatic ring is 1. The lowest BCUT2D eigenvalue weighted by molar-refractivity contribution is 0.126. The topological polar surface area (TPSA) is 54.2 Å². The largest absolute Gasteiger partial charge is 0.383 e. The van der Waals surface area contributed by atoms with Crippen LogP contribution in [-0.2, 0) is 0 Å². The van der Waals surface area contributed by atoms with Crippen molar-refractivity contribution in [1.82, 2.24) is 15.2 Å². The summed E-state index contributed by atoms with van der Waals surface area (Å²) in [5.74, 6) is 1.47. The Kier molecular flexibility index (Phi) is 7.74. The fourth-order valence-corrected chi connectivity index (χ4v) is 3.66. The van der Waals surface area contributed by atoms with E-state index in [4.69, 9.17) is 5.73 Å². The van der Waals surface area contributed by atoms with E-state index in [0.29, 0.717) is 6.04 Å². The molecule has 0 radical (unpaired) electrons. The average molecular weight is 333 g/mol. The maximum Gasteiger partial charge on any atom is 0.128 e. The van der Waals surface area contributed by atoms with Gasteiger partial charge in [0.25, 0.3) is 0 Å². The van der Waals surface area contributed by atoms with Crippen molar-refractivity contribution < 1.29 is 0 Å². The molecule has 1 aromatic heterocycles. The number of piperazine rings is 1. The highest BCUT2D eigenvalue weighted by Gasteiger charge is 2.33. The highest BCUT2D eigenvalue weighted by Crippen LogP contribution is 2.40. The van der Waals surface area contributed by atoms with Crippen LogP contribution in [0.4, 0.5) is 5.82 Å². The molecule has 1 aliphatic carbocycles. The minimum Gasteiger partial charge on any atom is -0.383 e. The number of hydrogen-bond donors (Lipinski definition) is 2. The molecule has 3 rings (SSSR count). The van der Waals surface area contributed by atoms with Crippen LogP contribution in [-0.4, -0.2) is 36.1 Å². The van der Waals surface area contributed by atoms with Crippen molar-refractivity contribution in [3.63, 3.8) is 0 Å². The van der Waals surface area contributed by atoms with Crippen molar-refractivity contribution in [1.29, 1.82) is 0 Å². The normalized spacial score (nSPS) is 21.3. The smallest absolute Gasteiger partial charge is 0.128 e. The first-order valence-electron chi connectivity index (χ1n) is 7.51. The van der Waals surface area contributed by atoms with Gasteiger partial charge in [-0.15, -0.1) is 24.8 Å². The molecule has 3 N–H and O–H groups in total. The number of pyridine rings is 1. The van der Waals surface area contributed by atoms with Crippen LogP contribution in [0, 0.1) is 5.92 Å². The molecule has 21 heavy (non-hydrogen) atoms. The van der Waals surface area contributed by atoms with Crippen molar-refractivity contribution in [3.8, 4) is 0 Å². The number of halogens is 2. The van der Waals surface area contributed by atoms with Crippen molar-refractivity contribution in [2.24, 2.45) is 5.92 Å². The number of anilines is 1. The van der Waals surface area contributed by atoms with Gasteiger partial charge >= 0.3 is 0 Å². The van der Waals surface area contributed by atoms with E-state index in [9.17, 15) is 0 Å². The summed E-state index contributed by atoms with van der Waals surface area (Å²) in [6.45, 7) is 4.41. The third-order valence-electron chi connectivity index (χ3n) is 4.58. The summed E-state index contributed by atoms with van der Waals surface area (Å²) in [5.41, 5.74) is 7.39. The number of nitrogens with two attached hydrogens (primary N) is 1. The molecule has 0 spiro atoms. The second-order valence-electron chi connectivity index (χ2n) is 5.75. The summed E-state index contributed by atoms with van der Waals surface area (Å²) in [6.07, 6.45) is 7.20. The zero-order valence-electron chi connectivity index (χ0n) is 12.3. The first kappa shape index (κ1) is 18.5. The molecule has 2 fully saturated rings. The maximum absolute atomic E-state index is 6.14. The van der Waals surface area contributed by atoms with Gasteiger partial charge in [0.1, 0.15) is 5.82 Å². The van der Waals surface area contributed by atoms with Gasteiger partial charge in [0.05, 0.1) is 0 Å². The van der Waals surface area contributed by atoms with Crippen LogP contribution in [0.25, 0.3) is 0 Å². The highest BCUT2D eigenvalue weighted by molar-refractivity contribution is 5.85. The van der Waals surface area contributed by atoms with Gasteiger partial charge < -0.3 is 11.1 Å². The summed E-state index contributed by atoms with van der Waals surface area (Å²) < 4.78 is 0. The van der Waals surface area contributed by atoms with Crippen LogP contribution in [0.3, 0.4) is 0 Å². The molecule has 0 bridgehead atoms. The summed E-state index contributed by atoms with van der Waals surface area (Å²) >= 11 is 0. The lowest BCUT2D eigenvalue weighted by Gasteiger charge is -2.38. The van der Waals surface area contributed by atoms with Crippen molar-refractivity contribution in [3.05, 3.63) is 23.9 Å². The summed E-state index contributed by atoms with van der Waals surface area (Å²) in [6, 6.07) is 4.67. The number of nitrogens with one attached hydrogen (secondary N) is 1. The van der Waals surface area contributed by atoms with Crippen LogP contribution >= 0.6 is 24.8 Å². The second-order valence-corrected chi connectivity index (χ2v) is 5.75. The Morgan fingerprint density at radius 3 is 2.48 bits per heavy atom. The van der Waals surface area contributed by atoms with E-state index in [1.54, 1.807) is 6.20 Å². The zero-order valence-corrected chi connectivity index (χ0v) is 14.0. The van der Waals surface area contributed by atoms with Crippen molar-refractivity contribution in [2.75, 3.05) is 31.9 Å². The molecule has 1 atom stereocenters. The first-order chi connectivity index (χ1) is 9.36. The summed E-state index contributed by atoms with van der Waals surface area (Å²) in [4.78, 5) is 6.91. The quantitative estimate of drug-likeness (QED) is 0.893. The van der Waals surface area contributed by atoms with Crippen LogP contribution in [0.2, 0.25) is 0 Å². The van der Waals surface area contributed by atoms with Gasteiger partial charge in [-0.25, -0.2) is 4.98 Å². The Balaban J connectivity index is 0.00000110. The monoisotopic (exact) mass is 332 g/mol. The lowest BCUT2D eigenvalue weighted by Crippen LogP contribution is -2.46. The highest BCUT2D eigenvalue weighted by atomic mass is 35.5. The van der Waals surface area contributed by atoms with E-state index in [1.807, 2.05) is 6.07 Å². The summed E-state index contributed by atoms with van der Waals surface area (Å²) in [5, 5.41) is 3.44. The van der Waals surface area contributed by atoms with E-state index in [0.717, 1.165) is 37.9 Å². The van der Waals surface area contributed by atoms with E-state index in [1.165, 1.54) is 31.2 Å². The molecule has 2 aliphatic rings. The van der Waals surface area contributed by atoms with Crippen molar-refractivity contribution in [2.45, 2.75) is 31.7 Å². The standard InChI is InChI=1S/C15H24N4.2ClH/c16-15-13(6-3-7-18-15)14(12-4-1-2-5-12)19-10-8-17-9-11-19;;/h3,6-7,12,14,17H,1-2,4-5,8-11H2,(H2,16,18);2*1H/t14-;;/m1../s1. The Morgan fingerprint density at radius 2 is 1.86 bits per heavy atom. The van der Waals surface area contributed by atoms with Gasteiger partial charge in [0.2, 0.25) is 0 Å².